The van der Waals surface area contributed by atoms with Crippen molar-refractivity contribution in [1.82, 2.24) is 4.90 Å². The standard InChI is InChI=1S/C26H13Br2Cl4NO4/c27-11-7-15(31)21-19-13(29)5-9-17-10(26(36)33(25(9)35)1-3-37-4-2-34)6-14(30)20(23(17)19)22-16(32)8-12(28)18(11)24(21)22/h5-8,34H,1-4H2. The first-order valence-corrected chi connectivity index (χ1v) is 14.1. The average molecular weight is 705 g/mol. The molecule has 0 aromatic heterocycles. The van der Waals surface area contributed by atoms with E-state index < -0.39 is 11.8 Å². The van der Waals surface area contributed by atoms with Gasteiger partial charge in [-0.2, -0.15) is 0 Å². The molecule has 0 aliphatic carbocycles. The Morgan fingerprint density at radius 3 is 1.54 bits per heavy atom. The Morgan fingerprint density at radius 1 is 0.649 bits per heavy atom. The summed E-state index contributed by atoms with van der Waals surface area (Å²) in [5, 5.41) is 15.5. The highest BCUT2D eigenvalue weighted by Crippen LogP contribution is 2.54. The highest BCUT2D eigenvalue weighted by atomic mass is 79.9. The number of rotatable bonds is 5. The normalized spacial score (nSPS) is 13.9. The van der Waals surface area contributed by atoms with Gasteiger partial charge in [0, 0.05) is 62.1 Å². The molecule has 1 aliphatic heterocycles. The van der Waals surface area contributed by atoms with Gasteiger partial charge in [-0.3, -0.25) is 14.5 Å². The van der Waals surface area contributed by atoms with Crippen molar-refractivity contribution < 1.29 is 19.4 Å². The van der Waals surface area contributed by atoms with Crippen LogP contribution < -0.4 is 0 Å². The fourth-order valence-electron chi connectivity index (χ4n) is 5.27. The summed E-state index contributed by atoms with van der Waals surface area (Å²) in [4.78, 5) is 28.2. The Bertz CT molecular complexity index is 1720. The Hall–Kier alpha value is -1.42. The number of nitrogens with zero attached hydrogens (tertiary/aromatic N) is 1. The van der Waals surface area contributed by atoms with E-state index in [4.69, 9.17) is 56.2 Å². The van der Waals surface area contributed by atoms with E-state index in [1.54, 1.807) is 24.3 Å². The molecule has 6 rings (SSSR count). The molecular formula is C26H13Br2Cl4NO4. The summed E-state index contributed by atoms with van der Waals surface area (Å²) < 4.78 is 6.80. The van der Waals surface area contributed by atoms with Gasteiger partial charge in [0.05, 0.1) is 47.5 Å². The van der Waals surface area contributed by atoms with E-state index in [1.165, 1.54) is 0 Å². The fourth-order valence-corrected chi connectivity index (χ4v) is 8.28. The zero-order valence-electron chi connectivity index (χ0n) is 18.5. The molecule has 37 heavy (non-hydrogen) atoms. The zero-order chi connectivity index (χ0) is 26.3. The molecule has 1 N–H and O–H groups in total. The quantitative estimate of drug-likeness (QED) is 0.0863. The van der Waals surface area contributed by atoms with E-state index in [9.17, 15) is 9.59 Å². The van der Waals surface area contributed by atoms with Crippen molar-refractivity contribution in [1.29, 1.82) is 0 Å². The Balaban J connectivity index is 1.79. The van der Waals surface area contributed by atoms with Crippen LogP contribution in [0.4, 0.5) is 0 Å². The van der Waals surface area contributed by atoms with Crippen LogP contribution in [0.3, 0.4) is 0 Å². The summed E-state index contributed by atoms with van der Waals surface area (Å²) in [5.41, 5.74) is 0.555. The number of aliphatic hydroxyl groups is 1. The first-order valence-electron chi connectivity index (χ1n) is 11.0. The molecule has 0 atom stereocenters. The number of benzene rings is 5. The van der Waals surface area contributed by atoms with E-state index in [-0.39, 0.29) is 37.5 Å². The van der Waals surface area contributed by atoms with E-state index in [1.807, 2.05) is 0 Å². The van der Waals surface area contributed by atoms with E-state index in [0.717, 1.165) is 24.6 Å². The number of carbonyl (C=O) groups excluding carboxylic acids is 2. The molecule has 5 nitrogen and oxygen atoms in total. The summed E-state index contributed by atoms with van der Waals surface area (Å²) in [6, 6.07) is 6.71. The number of hydrogen-bond donors (Lipinski definition) is 1. The average Bonchev–Trinajstić information content (AvgIpc) is 2.84. The molecule has 1 aliphatic rings. The molecule has 0 radical (unpaired) electrons. The van der Waals surface area contributed by atoms with Crippen LogP contribution in [0, 0.1) is 0 Å². The summed E-state index contributed by atoms with van der Waals surface area (Å²) in [5.74, 6) is -0.988. The molecule has 0 bridgehead atoms. The summed E-state index contributed by atoms with van der Waals surface area (Å²) >= 11 is 34.7. The van der Waals surface area contributed by atoms with Gasteiger partial charge in [-0.25, -0.2) is 0 Å². The summed E-state index contributed by atoms with van der Waals surface area (Å²) in [6.07, 6.45) is 0. The van der Waals surface area contributed by atoms with Gasteiger partial charge in [-0.1, -0.05) is 78.3 Å². The van der Waals surface area contributed by atoms with Crippen LogP contribution in [0.15, 0.2) is 33.2 Å². The van der Waals surface area contributed by atoms with Crippen LogP contribution in [0.2, 0.25) is 20.1 Å². The SMILES string of the molecule is O=C1c2cc(Cl)c3c4c(Cl)cc(Br)c5c(Br)cc(Cl)c(c6c(Cl)cc(c2c36)C(=O)N1CCOCCO)c54. The molecular weight excluding hydrogens is 692 g/mol. The zero-order valence-corrected chi connectivity index (χ0v) is 24.7. The van der Waals surface area contributed by atoms with Crippen molar-refractivity contribution in [2.45, 2.75) is 0 Å². The second kappa shape index (κ2) is 9.35. The van der Waals surface area contributed by atoms with E-state index >= 15 is 0 Å². The van der Waals surface area contributed by atoms with Gasteiger partial charge in [0.1, 0.15) is 0 Å². The molecule has 0 spiro atoms. The lowest BCUT2D eigenvalue weighted by molar-refractivity contribution is 0.0478. The molecule has 0 saturated heterocycles. The van der Waals surface area contributed by atoms with Gasteiger partial charge in [0.25, 0.3) is 11.8 Å². The van der Waals surface area contributed by atoms with Crippen molar-refractivity contribution in [3.8, 4) is 0 Å². The number of hydrogen-bond acceptors (Lipinski definition) is 4. The lowest BCUT2D eigenvalue weighted by Gasteiger charge is -2.29. The second-order valence-electron chi connectivity index (χ2n) is 8.59. The molecule has 0 fully saturated rings. The first-order chi connectivity index (χ1) is 17.7. The van der Waals surface area contributed by atoms with E-state index in [0.29, 0.717) is 52.4 Å². The third kappa shape index (κ3) is 3.63. The van der Waals surface area contributed by atoms with Gasteiger partial charge in [-0.15, -0.1) is 0 Å². The minimum Gasteiger partial charge on any atom is -0.394 e. The van der Waals surface area contributed by atoms with Crippen molar-refractivity contribution in [3.63, 3.8) is 0 Å². The van der Waals surface area contributed by atoms with Crippen LogP contribution in [0.5, 0.6) is 0 Å². The monoisotopic (exact) mass is 701 g/mol. The number of ether oxygens (including phenoxy) is 1. The highest BCUT2D eigenvalue weighted by Gasteiger charge is 2.36. The van der Waals surface area contributed by atoms with Crippen LogP contribution in [0.25, 0.3) is 43.1 Å². The lowest BCUT2D eigenvalue weighted by Crippen LogP contribution is -2.42. The molecule has 0 saturated carbocycles. The minimum absolute atomic E-state index is 0.0131. The number of aliphatic hydroxyl groups excluding tert-OH is 1. The maximum atomic E-state index is 13.5. The Kier molecular flexibility index (Phi) is 6.53. The van der Waals surface area contributed by atoms with Gasteiger partial charge in [0.2, 0.25) is 0 Å². The van der Waals surface area contributed by atoms with Crippen LogP contribution in [-0.4, -0.2) is 48.2 Å². The van der Waals surface area contributed by atoms with Crippen molar-refractivity contribution in [3.05, 3.63) is 64.4 Å². The predicted octanol–water partition coefficient (Wildman–Crippen LogP) is 8.48. The van der Waals surface area contributed by atoms with Crippen LogP contribution >= 0.6 is 78.3 Å². The molecule has 5 aromatic carbocycles. The molecule has 0 unspecified atom stereocenters. The molecule has 2 amide bonds. The number of carbonyl (C=O) groups is 2. The molecule has 5 aromatic rings. The summed E-state index contributed by atoms with van der Waals surface area (Å²) in [6.45, 7) is 0.0381. The van der Waals surface area contributed by atoms with Gasteiger partial charge < -0.3 is 9.84 Å². The second-order valence-corrected chi connectivity index (χ2v) is 11.9. The number of amides is 2. The molecule has 1 heterocycles. The minimum atomic E-state index is -0.494. The molecule has 188 valence electrons. The summed E-state index contributed by atoms with van der Waals surface area (Å²) in [7, 11) is 0. The maximum absolute atomic E-state index is 13.5. The smallest absolute Gasteiger partial charge is 0.261 e. The van der Waals surface area contributed by atoms with Crippen molar-refractivity contribution in [2.24, 2.45) is 0 Å². The number of imide groups is 1. The predicted molar refractivity (Wildman–Crippen MR) is 156 cm³/mol. The highest BCUT2D eigenvalue weighted by molar-refractivity contribution is 9.11. The van der Waals surface area contributed by atoms with Crippen LogP contribution in [-0.2, 0) is 4.74 Å². The third-order valence-electron chi connectivity index (χ3n) is 6.67. The third-order valence-corrected chi connectivity index (χ3v) is 9.11. The Labute approximate surface area is 246 Å². The van der Waals surface area contributed by atoms with Crippen molar-refractivity contribution in [2.75, 3.05) is 26.4 Å². The van der Waals surface area contributed by atoms with Crippen LogP contribution in [0.1, 0.15) is 20.7 Å². The lowest BCUT2D eigenvalue weighted by atomic mass is 9.84. The van der Waals surface area contributed by atoms with Gasteiger partial charge in [-0.05, 0) is 24.3 Å². The maximum Gasteiger partial charge on any atom is 0.261 e. The van der Waals surface area contributed by atoms with Gasteiger partial charge >= 0.3 is 0 Å². The topological polar surface area (TPSA) is 66.8 Å². The van der Waals surface area contributed by atoms with Crippen molar-refractivity contribution >= 4 is 133 Å². The largest absolute Gasteiger partial charge is 0.394 e. The first kappa shape index (κ1) is 25.8. The number of fused-ring (bicyclic) bond motifs is 2. The van der Waals surface area contributed by atoms with E-state index in [2.05, 4.69) is 31.9 Å². The van der Waals surface area contributed by atoms with Gasteiger partial charge in [0.15, 0.2) is 0 Å². The number of halogens is 6. The fraction of sp³-hybridized carbons (Fsp3) is 0.154. The Morgan fingerprint density at radius 2 is 1.08 bits per heavy atom. The molecule has 11 heteroatoms.